The molecule has 1 aliphatic carbocycles. The first-order valence-electron chi connectivity index (χ1n) is 8.52. The summed E-state index contributed by atoms with van der Waals surface area (Å²) in [6, 6.07) is 13.8. The van der Waals surface area contributed by atoms with E-state index in [9.17, 15) is 4.79 Å². The van der Waals surface area contributed by atoms with Crippen molar-refractivity contribution in [2.24, 2.45) is 0 Å². The second-order valence-electron chi connectivity index (χ2n) is 7.36. The van der Waals surface area contributed by atoms with Gasteiger partial charge in [-0.15, -0.1) is 0 Å². The number of carboxylic acids is 1. The standard InChI is InChI=1S/C22H24O2/c1-15(13-16-6-8-18(9-7-16)21(23)24)19-11-10-17-5-4-12-22(2,3)20(17)14-19/h6-11,13-14H,4-5,12H2,1-3H3,(H,23,24). The summed E-state index contributed by atoms with van der Waals surface area (Å²) in [5.74, 6) is -0.890. The van der Waals surface area contributed by atoms with Crippen molar-refractivity contribution in [3.05, 3.63) is 70.3 Å². The van der Waals surface area contributed by atoms with E-state index in [1.807, 2.05) is 12.1 Å². The molecule has 1 aliphatic rings. The monoisotopic (exact) mass is 320 g/mol. The van der Waals surface area contributed by atoms with Gasteiger partial charge < -0.3 is 5.11 Å². The molecule has 24 heavy (non-hydrogen) atoms. The van der Waals surface area contributed by atoms with Gasteiger partial charge >= 0.3 is 5.97 Å². The Labute approximate surface area is 143 Å². The predicted molar refractivity (Wildman–Crippen MR) is 99.4 cm³/mol. The molecule has 0 saturated heterocycles. The number of hydrogen-bond acceptors (Lipinski definition) is 1. The van der Waals surface area contributed by atoms with Gasteiger partial charge in [-0.25, -0.2) is 4.79 Å². The van der Waals surface area contributed by atoms with Crippen LogP contribution >= 0.6 is 0 Å². The maximum atomic E-state index is 10.9. The molecule has 0 fully saturated rings. The third-order valence-corrected chi connectivity index (χ3v) is 5.08. The zero-order chi connectivity index (χ0) is 17.3. The number of carbonyl (C=O) groups is 1. The number of fused-ring (bicyclic) bond motifs is 1. The summed E-state index contributed by atoms with van der Waals surface area (Å²) in [5, 5.41) is 8.98. The zero-order valence-corrected chi connectivity index (χ0v) is 14.6. The maximum absolute atomic E-state index is 10.9. The van der Waals surface area contributed by atoms with E-state index < -0.39 is 5.97 Å². The Morgan fingerprint density at radius 2 is 1.75 bits per heavy atom. The van der Waals surface area contributed by atoms with Crippen molar-refractivity contribution in [1.29, 1.82) is 0 Å². The highest BCUT2D eigenvalue weighted by molar-refractivity contribution is 5.88. The Kier molecular flexibility index (Phi) is 4.31. The highest BCUT2D eigenvalue weighted by atomic mass is 16.4. The van der Waals surface area contributed by atoms with Crippen molar-refractivity contribution in [3.8, 4) is 0 Å². The predicted octanol–water partition coefficient (Wildman–Crippen LogP) is 5.56. The van der Waals surface area contributed by atoms with Gasteiger partial charge in [0.05, 0.1) is 5.56 Å². The van der Waals surface area contributed by atoms with Gasteiger partial charge in [-0.3, -0.25) is 0 Å². The largest absolute Gasteiger partial charge is 0.478 e. The molecule has 0 heterocycles. The number of carboxylic acid groups (broad SMARTS) is 1. The van der Waals surface area contributed by atoms with E-state index in [2.05, 4.69) is 45.0 Å². The Balaban J connectivity index is 1.92. The van der Waals surface area contributed by atoms with E-state index in [1.54, 1.807) is 12.1 Å². The third-order valence-electron chi connectivity index (χ3n) is 5.08. The molecule has 3 rings (SSSR count). The van der Waals surface area contributed by atoms with Gasteiger partial charge in [-0.2, -0.15) is 0 Å². The number of allylic oxidation sites excluding steroid dienone is 1. The van der Waals surface area contributed by atoms with Crippen LogP contribution in [0.1, 0.15) is 66.2 Å². The smallest absolute Gasteiger partial charge is 0.335 e. The van der Waals surface area contributed by atoms with E-state index in [1.165, 1.54) is 41.5 Å². The number of aromatic carboxylic acids is 1. The highest BCUT2D eigenvalue weighted by Crippen LogP contribution is 2.38. The zero-order valence-electron chi connectivity index (χ0n) is 14.6. The van der Waals surface area contributed by atoms with Crippen molar-refractivity contribution in [2.75, 3.05) is 0 Å². The molecule has 0 saturated carbocycles. The molecule has 0 spiro atoms. The highest BCUT2D eigenvalue weighted by Gasteiger charge is 2.27. The molecular formula is C22H24O2. The van der Waals surface area contributed by atoms with E-state index >= 15 is 0 Å². The Morgan fingerprint density at radius 3 is 2.42 bits per heavy atom. The van der Waals surface area contributed by atoms with Crippen molar-refractivity contribution < 1.29 is 9.90 Å². The van der Waals surface area contributed by atoms with Crippen LogP contribution in [0.2, 0.25) is 0 Å². The molecule has 0 aromatic heterocycles. The lowest BCUT2D eigenvalue weighted by Gasteiger charge is -2.33. The SMILES string of the molecule is CC(=Cc1ccc(C(=O)O)cc1)c1ccc2c(c1)C(C)(C)CCC2. The fraction of sp³-hybridized carbons (Fsp3) is 0.318. The summed E-state index contributed by atoms with van der Waals surface area (Å²) in [4.78, 5) is 10.9. The summed E-state index contributed by atoms with van der Waals surface area (Å²) < 4.78 is 0. The quantitative estimate of drug-likeness (QED) is 0.752. The van der Waals surface area contributed by atoms with Crippen LogP contribution in [0, 0.1) is 0 Å². The molecule has 2 nitrogen and oxygen atoms in total. The van der Waals surface area contributed by atoms with Crippen LogP contribution in [0.15, 0.2) is 42.5 Å². The summed E-state index contributed by atoms with van der Waals surface area (Å²) in [6.45, 7) is 6.78. The van der Waals surface area contributed by atoms with Crippen molar-refractivity contribution in [2.45, 2.75) is 45.4 Å². The summed E-state index contributed by atoms with van der Waals surface area (Å²) in [6.07, 6.45) is 5.80. The van der Waals surface area contributed by atoms with Gasteiger partial charge in [0.1, 0.15) is 0 Å². The molecule has 0 radical (unpaired) electrons. The second-order valence-corrected chi connectivity index (χ2v) is 7.36. The minimum atomic E-state index is -0.890. The van der Waals surface area contributed by atoms with Crippen LogP contribution in [0.25, 0.3) is 11.6 Å². The minimum Gasteiger partial charge on any atom is -0.478 e. The molecule has 0 unspecified atom stereocenters. The van der Waals surface area contributed by atoms with Gasteiger partial charge in [0, 0.05) is 0 Å². The van der Waals surface area contributed by atoms with Crippen LogP contribution in [-0.2, 0) is 11.8 Å². The van der Waals surface area contributed by atoms with Gasteiger partial charge in [-0.05, 0) is 71.6 Å². The fourth-order valence-corrected chi connectivity index (χ4v) is 3.58. The first-order chi connectivity index (χ1) is 11.4. The van der Waals surface area contributed by atoms with Crippen molar-refractivity contribution in [1.82, 2.24) is 0 Å². The molecule has 0 bridgehead atoms. The summed E-state index contributed by atoms with van der Waals surface area (Å²) in [5.41, 5.74) is 6.98. The van der Waals surface area contributed by atoms with Crippen LogP contribution in [0.3, 0.4) is 0 Å². The van der Waals surface area contributed by atoms with E-state index in [0.717, 1.165) is 5.56 Å². The van der Waals surface area contributed by atoms with Crippen molar-refractivity contribution in [3.63, 3.8) is 0 Å². The molecule has 0 amide bonds. The molecule has 124 valence electrons. The fourth-order valence-electron chi connectivity index (χ4n) is 3.58. The van der Waals surface area contributed by atoms with Gasteiger partial charge in [0.2, 0.25) is 0 Å². The molecular weight excluding hydrogens is 296 g/mol. The number of rotatable bonds is 3. The minimum absolute atomic E-state index is 0.243. The summed E-state index contributed by atoms with van der Waals surface area (Å²) in [7, 11) is 0. The second kappa shape index (κ2) is 6.27. The average molecular weight is 320 g/mol. The molecule has 2 heteroatoms. The molecule has 1 N–H and O–H groups in total. The Hall–Kier alpha value is -2.35. The first kappa shape index (κ1) is 16.5. The van der Waals surface area contributed by atoms with Crippen LogP contribution < -0.4 is 0 Å². The van der Waals surface area contributed by atoms with E-state index in [-0.39, 0.29) is 5.41 Å². The molecule has 2 aromatic rings. The molecule has 0 aliphatic heterocycles. The van der Waals surface area contributed by atoms with E-state index in [4.69, 9.17) is 5.11 Å². The number of benzene rings is 2. The van der Waals surface area contributed by atoms with Crippen LogP contribution in [-0.4, -0.2) is 11.1 Å². The van der Waals surface area contributed by atoms with Crippen LogP contribution in [0.5, 0.6) is 0 Å². The Morgan fingerprint density at radius 1 is 1.08 bits per heavy atom. The third kappa shape index (κ3) is 3.28. The van der Waals surface area contributed by atoms with Crippen LogP contribution in [0.4, 0.5) is 0 Å². The lowest BCUT2D eigenvalue weighted by Crippen LogP contribution is -2.23. The normalized spacial score (nSPS) is 16.5. The lowest BCUT2D eigenvalue weighted by atomic mass is 9.72. The molecule has 2 aromatic carbocycles. The summed E-state index contributed by atoms with van der Waals surface area (Å²) >= 11 is 0. The maximum Gasteiger partial charge on any atom is 0.335 e. The van der Waals surface area contributed by atoms with Gasteiger partial charge in [0.25, 0.3) is 0 Å². The van der Waals surface area contributed by atoms with Crippen molar-refractivity contribution >= 4 is 17.6 Å². The average Bonchev–Trinajstić information content (AvgIpc) is 2.55. The molecule has 0 atom stereocenters. The number of aryl methyl sites for hydroxylation is 1. The van der Waals surface area contributed by atoms with Gasteiger partial charge in [0.15, 0.2) is 0 Å². The first-order valence-corrected chi connectivity index (χ1v) is 8.52. The lowest BCUT2D eigenvalue weighted by molar-refractivity contribution is 0.0697. The van der Waals surface area contributed by atoms with Gasteiger partial charge in [-0.1, -0.05) is 50.3 Å². The van der Waals surface area contributed by atoms with E-state index in [0.29, 0.717) is 5.56 Å². The Bertz CT molecular complexity index is 795. The number of hydrogen-bond donors (Lipinski definition) is 1. The topological polar surface area (TPSA) is 37.3 Å².